The minimum Gasteiger partial charge on any atom is -0.488 e. The van der Waals surface area contributed by atoms with Crippen LogP contribution >= 0.6 is 12.4 Å². The van der Waals surface area contributed by atoms with Gasteiger partial charge in [-0.2, -0.15) is 5.26 Å². The summed E-state index contributed by atoms with van der Waals surface area (Å²) in [7, 11) is 0. The lowest BCUT2D eigenvalue weighted by molar-refractivity contribution is -0.154. The highest BCUT2D eigenvalue weighted by Gasteiger charge is 2.29. The topological polar surface area (TPSA) is 109 Å². The maximum Gasteiger partial charge on any atom is 0.308 e. The summed E-state index contributed by atoms with van der Waals surface area (Å²) in [6.45, 7) is 8.39. The number of aryl methyl sites for hydroxylation is 1. The Labute approximate surface area is 231 Å². The summed E-state index contributed by atoms with van der Waals surface area (Å²) in [6, 6.07) is 15.8. The van der Waals surface area contributed by atoms with Crippen molar-refractivity contribution in [1.29, 1.82) is 5.26 Å². The molecule has 2 N–H and O–H groups in total. The lowest BCUT2D eigenvalue weighted by Gasteiger charge is -2.31. The Morgan fingerprint density at radius 3 is 2.39 bits per heavy atom. The smallest absolute Gasteiger partial charge is 0.308 e. The number of carbonyl (C=O) groups excluding carboxylic acids is 1. The third-order valence-corrected chi connectivity index (χ3v) is 6.72. The van der Waals surface area contributed by atoms with Crippen LogP contribution in [0.3, 0.4) is 0 Å². The van der Waals surface area contributed by atoms with E-state index < -0.39 is 12.1 Å². The number of carboxylic acid groups (broad SMARTS) is 1. The van der Waals surface area contributed by atoms with Gasteiger partial charge in [-0.3, -0.25) is 9.59 Å². The molecule has 206 valence electrons. The molecule has 8 heteroatoms. The normalized spacial score (nSPS) is 13.8. The molecular weight excluding hydrogens is 504 g/mol. The number of aliphatic carboxylic acids is 1. The molecule has 0 fully saturated rings. The number of hydrogen-bond donors (Lipinski definition) is 2. The molecule has 3 rings (SSSR count). The van der Waals surface area contributed by atoms with Gasteiger partial charge in [0.15, 0.2) is 0 Å². The Morgan fingerprint density at radius 1 is 1.16 bits per heavy atom. The fourth-order valence-electron chi connectivity index (χ4n) is 4.78. The fraction of sp³-hybridized carbons (Fsp3) is 0.500. The lowest BCUT2D eigenvalue weighted by Crippen LogP contribution is -2.47. The first-order chi connectivity index (χ1) is 17.6. The van der Waals surface area contributed by atoms with Crippen LogP contribution in [0.15, 0.2) is 42.5 Å². The summed E-state index contributed by atoms with van der Waals surface area (Å²) in [5.41, 5.74) is 3.80. The molecule has 0 saturated carbocycles. The van der Waals surface area contributed by atoms with Crippen LogP contribution in [0.5, 0.6) is 5.75 Å². The fourth-order valence-corrected chi connectivity index (χ4v) is 4.78. The van der Waals surface area contributed by atoms with E-state index in [2.05, 4.69) is 49.5 Å². The number of hydrogen-bond acceptors (Lipinski definition) is 6. The van der Waals surface area contributed by atoms with Crippen molar-refractivity contribution < 1.29 is 24.2 Å². The molecule has 0 aromatic heterocycles. The van der Waals surface area contributed by atoms with Gasteiger partial charge < -0.3 is 19.9 Å². The van der Waals surface area contributed by atoms with Crippen LogP contribution in [-0.2, 0) is 33.6 Å². The van der Waals surface area contributed by atoms with Gasteiger partial charge >= 0.3 is 11.9 Å². The first kappa shape index (κ1) is 31.1. The van der Waals surface area contributed by atoms with E-state index in [1.54, 1.807) is 32.0 Å². The van der Waals surface area contributed by atoms with Gasteiger partial charge in [-0.15, -0.1) is 12.4 Å². The zero-order chi connectivity index (χ0) is 27.0. The predicted octanol–water partition coefficient (Wildman–Crippen LogP) is 5.12. The number of carbonyl (C=O) groups is 2. The Bertz CT molecular complexity index is 1120. The minimum atomic E-state index is -0.886. The highest BCUT2D eigenvalue weighted by atomic mass is 35.5. The number of rotatable bonds is 13. The third kappa shape index (κ3) is 9.34. The zero-order valence-corrected chi connectivity index (χ0v) is 23.5. The quantitative estimate of drug-likeness (QED) is 0.338. The molecule has 0 bridgehead atoms. The first-order valence-corrected chi connectivity index (χ1v) is 13.0. The van der Waals surface area contributed by atoms with Gasteiger partial charge in [-0.1, -0.05) is 44.2 Å². The summed E-state index contributed by atoms with van der Waals surface area (Å²) in [6.07, 6.45) is 2.91. The van der Waals surface area contributed by atoms with Gasteiger partial charge in [0.25, 0.3) is 0 Å². The highest BCUT2D eigenvalue weighted by molar-refractivity contribution is 5.85. The molecular formula is C30H39ClN2O5. The number of ether oxygens (including phenoxy) is 2. The van der Waals surface area contributed by atoms with Crippen LogP contribution in [-0.4, -0.2) is 41.8 Å². The molecule has 0 spiro atoms. The zero-order valence-electron chi connectivity index (χ0n) is 22.7. The van der Waals surface area contributed by atoms with Crippen molar-refractivity contribution in [2.24, 2.45) is 11.8 Å². The molecule has 38 heavy (non-hydrogen) atoms. The van der Waals surface area contributed by atoms with Gasteiger partial charge in [0.05, 0.1) is 11.5 Å². The molecule has 0 radical (unpaired) electrons. The van der Waals surface area contributed by atoms with Crippen LogP contribution < -0.4 is 10.1 Å². The predicted molar refractivity (Wildman–Crippen MR) is 149 cm³/mol. The van der Waals surface area contributed by atoms with Crippen LogP contribution in [0.1, 0.15) is 62.8 Å². The number of carboxylic acids is 1. The van der Waals surface area contributed by atoms with Gasteiger partial charge in [-0.25, -0.2) is 0 Å². The second-order valence-corrected chi connectivity index (χ2v) is 10.9. The van der Waals surface area contributed by atoms with Crippen LogP contribution in [0.2, 0.25) is 0 Å². The van der Waals surface area contributed by atoms with Crippen molar-refractivity contribution in [3.05, 3.63) is 64.7 Å². The minimum absolute atomic E-state index is 0. The summed E-state index contributed by atoms with van der Waals surface area (Å²) in [5, 5.41) is 22.0. The molecule has 0 saturated heterocycles. The number of nitriles is 1. The molecule has 0 amide bonds. The van der Waals surface area contributed by atoms with Crippen molar-refractivity contribution >= 4 is 24.3 Å². The van der Waals surface area contributed by atoms with Crippen molar-refractivity contribution in [2.75, 3.05) is 13.2 Å². The van der Waals surface area contributed by atoms with E-state index in [4.69, 9.17) is 14.6 Å². The highest BCUT2D eigenvalue weighted by Crippen LogP contribution is 2.32. The molecule has 2 aromatic rings. The Morgan fingerprint density at radius 2 is 1.82 bits per heavy atom. The largest absolute Gasteiger partial charge is 0.488 e. The van der Waals surface area contributed by atoms with E-state index >= 15 is 0 Å². The van der Waals surface area contributed by atoms with Crippen molar-refractivity contribution in [1.82, 2.24) is 5.32 Å². The van der Waals surface area contributed by atoms with E-state index in [0.29, 0.717) is 30.2 Å². The Balaban J connectivity index is 0.00000507. The monoisotopic (exact) mass is 542 g/mol. The molecule has 1 aliphatic carbocycles. The van der Waals surface area contributed by atoms with Crippen molar-refractivity contribution in [3.63, 3.8) is 0 Å². The van der Waals surface area contributed by atoms with Crippen LogP contribution in [0.4, 0.5) is 0 Å². The maximum atomic E-state index is 12.4. The third-order valence-electron chi connectivity index (χ3n) is 6.72. The lowest BCUT2D eigenvalue weighted by atomic mass is 9.88. The van der Waals surface area contributed by atoms with E-state index in [9.17, 15) is 14.9 Å². The number of nitrogens with one attached hydrogen (secondary N) is 1. The van der Waals surface area contributed by atoms with E-state index in [0.717, 1.165) is 24.8 Å². The Hall–Kier alpha value is -3.08. The average molecular weight is 543 g/mol. The maximum absolute atomic E-state index is 12.4. The van der Waals surface area contributed by atoms with Gasteiger partial charge in [0, 0.05) is 18.5 Å². The summed E-state index contributed by atoms with van der Waals surface area (Å²) < 4.78 is 11.7. The number of halogens is 1. The SMILES string of the molecule is CC(C)C(=O)O[C@H](CNC(C)(C)CC1Cc2ccccc2C1)COc1cc(CCC(=O)O)ccc1C#N.Cl. The first-order valence-electron chi connectivity index (χ1n) is 13.0. The number of nitrogens with zero attached hydrogens (tertiary/aromatic N) is 1. The second kappa shape index (κ2) is 14.2. The van der Waals surface area contributed by atoms with Gasteiger partial charge in [-0.05, 0) is 74.3 Å². The molecule has 0 unspecified atom stereocenters. The van der Waals surface area contributed by atoms with Gasteiger partial charge in [0.2, 0.25) is 0 Å². The number of esters is 1. The van der Waals surface area contributed by atoms with Crippen LogP contribution in [0.25, 0.3) is 0 Å². The van der Waals surface area contributed by atoms with Crippen LogP contribution in [0, 0.1) is 23.2 Å². The van der Waals surface area contributed by atoms with Gasteiger partial charge in [0.1, 0.15) is 24.5 Å². The molecule has 0 heterocycles. The molecule has 1 aliphatic rings. The van der Waals surface area contributed by atoms with E-state index in [1.807, 2.05) is 0 Å². The average Bonchev–Trinajstić information content (AvgIpc) is 3.25. The van der Waals surface area contributed by atoms with Crippen molar-refractivity contribution in [2.45, 2.75) is 71.4 Å². The van der Waals surface area contributed by atoms with Crippen molar-refractivity contribution in [3.8, 4) is 11.8 Å². The Kier molecular flexibility index (Phi) is 11.6. The standard InChI is InChI=1S/C30H38N2O5.ClH/c1-20(2)29(35)37-26(19-36-27-15-21(10-12-28(33)34)9-11-25(27)17-31)18-32-30(3,4)16-22-13-23-7-5-6-8-24(23)14-22;/h5-9,11,15,20,22,26,32H,10,12-14,16,18-19H2,1-4H3,(H,33,34);1H/t26-;/m1./s1. The molecule has 2 aromatic carbocycles. The van der Waals surface area contributed by atoms with E-state index in [-0.39, 0.29) is 42.9 Å². The van der Waals surface area contributed by atoms with E-state index in [1.165, 1.54) is 11.1 Å². The summed E-state index contributed by atoms with van der Waals surface area (Å²) in [5.74, 6) is -0.558. The number of fused-ring (bicyclic) bond motifs is 1. The molecule has 1 atom stereocenters. The molecule has 0 aliphatic heterocycles. The number of benzene rings is 2. The summed E-state index contributed by atoms with van der Waals surface area (Å²) in [4.78, 5) is 23.3. The summed E-state index contributed by atoms with van der Waals surface area (Å²) >= 11 is 0. The molecule has 7 nitrogen and oxygen atoms in total. The second-order valence-electron chi connectivity index (χ2n) is 10.9.